The number of rotatable bonds is 7. The maximum Gasteiger partial charge on any atom is 0.255 e. The number of nitrogens with one attached hydrogen (secondary N) is 2. The van der Waals surface area contributed by atoms with Gasteiger partial charge in [0.05, 0.1) is 23.7 Å². The third kappa shape index (κ3) is 4.53. The summed E-state index contributed by atoms with van der Waals surface area (Å²) in [6.45, 7) is 6.46. The van der Waals surface area contributed by atoms with E-state index in [1.165, 1.54) is 18.5 Å². The number of amides is 2. The van der Waals surface area contributed by atoms with Gasteiger partial charge in [0.15, 0.2) is 0 Å². The van der Waals surface area contributed by atoms with Crippen LogP contribution in [0.15, 0.2) is 24.5 Å². The lowest BCUT2D eigenvalue weighted by molar-refractivity contribution is -0.133. The SMILES string of the molecule is Cc1[nH]c2c(-c3cc(F)ccc3OCC3CC3)ncnc2c1C(=O)N[C@@H]1CN(C(=O)CO)CC1(C)C. The molecule has 1 saturated heterocycles. The Kier molecular flexibility index (Phi) is 6.15. The minimum Gasteiger partial charge on any atom is -0.493 e. The molecule has 0 spiro atoms. The smallest absolute Gasteiger partial charge is 0.255 e. The molecule has 1 aliphatic carbocycles. The van der Waals surface area contributed by atoms with Crippen molar-refractivity contribution < 1.29 is 23.8 Å². The first kappa shape index (κ1) is 24.2. The monoisotopic (exact) mass is 495 g/mol. The van der Waals surface area contributed by atoms with Crippen molar-refractivity contribution in [2.24, 2.45) is 11.3 Å². The molecule has 3 aromatic rings. The van der Waals surface area contributed by atoms with E-state index in [1.54, 1.807) is 17.9 Å². The Labute approximate surface area is 208 Å². The van der Waals surface area contributed by atoms with Crippen molar-refractivity contribution in [1.82, 2.24) is 25.2 Å². The molecule has 1 atom stereocenters. The number of halogens is 1. The van der Waals surface area contributed by atoms with E-state index in [9.17, 15) is 19.1 Å². The van der Waals surface area contributed by atoms with Crippen molar-refractivity contribution in [3.63, 3.8) is 0 Å². The molecule has 10 heteroatoms. The maximum atomic E-state index is 14.3. The van der Waals surface area contributed by atoms with Gasteiger partial charge in [-0.05, 0) is 43.9 Å². The fourth-order valence-electron chi connectivity index (χ4n) is 4.80. The lowest BCUT2D eigenvalue weighted by Crippen LogP contribution is -2.44. The van der Waals surface area contributed by atoms with Crippen LogP contribution in [-0.2, 0) is 4.79 Å². The molecular weight excluding hydrogens is 465 g/mol. The highest BCUT2D eigenvalue weighted by Gasteiger charge is 2.42. The number of aliphatic hydroxyl groups is 1. The topological polar surface area (TPSA) is 120 Å². The molecule has 2 aliphatic rings. The van der Waals surface area contributed by atoms with Crippen LogP contribution in [0.25, 0.3) is 22.3 Å². The van der Waals surface area contributed by atoms with E-state index in [1.807, 2.05) is 13.8 Å². The summed E-state index contributed by atoms with van der Waals surface area (Å²) in [6, 6.07) is 4.04. The van der Waals surface area contributed by atoms with Crippen molar-refractivity contribution in [1.29, 1.82) is 0 Å². The summed E-state index contributed by atoms with van der Waals surface area (Å²) >= 11 is 0. The normalized spacial score (nSPS) is 19.0. The number of carbonyl (C=O) groups is 2. The summed E-state index contributed by atoms with van der Waals surface area (Å²) in [5.74, 6) is -0.0515. The lowest BCUT2D eigenvalue weighted by Gasteiger charge is -2.26. The highest BCUT2D eigenvalue weighted by Crippen LogP contribution is 2.37. The zero-order valence-corrected chi connectivity index (χ0v) is 20.6. The maximum absolute atomic E-state index is 14.3. The van der Waals surface area contributed by atoms with Crippen LogP contribution in [0.5, 0.6) is 5.75 Å². The molecular formula is C26H30FN5O4. The van der Waals surface area contributed by atoms with Crippen LogP contribution in [0.3, 0.4) is 0 Å². The molecule has 3 heterocycles. The summed E-state index contributed by atoms with van der Waals surface area (Å²) < 4.78 is 20.2. The number of ether oxygens (including phenoxy) is 1. The van der Waals surface area contributed by atoms with Crippen LogP contribution in [-0.4, -0.2) is 69.1 Å². The lowest BCUT2D eigenvalue weighted by atomic mass is 9.87. The first-order chi connectivity index (χ1) is 17.2. The number of hydrogen-bond acceptors (Lipinski definition) is 6. The standard InChI is InChI=1S/C26H30FN5O4/c1-14-21(25(35)31-19-9-32(20(34)10-33)12-26(19,2)3)23-24(30-14)22(28-13-29-23)17-8-16(27)6-7-18(17)36-11-15-4-5-15/h6-8,13,15,19,30,33H,4-5,9-12H2,1-3H3,(H,31,35)/t19-/m1/s1. The van der Waals surface area contributed by atoms with Gasteiger partial charge in [0, 0.05) is 29.8 Å². The van der Waals surface area contributed by atoms with E-state index in [0.29, 0.717) is 64.9 Å². The molecule has 9 nitrogen and oxygen atoms in total. The van der Waals surface area contributed by atoms with Gasteiger partial charge in [-0.25, -0.2) is 14.4 Å². The molecule has 2 amide bonds. The Hall–Kier alpha value is -3.53. The third-order valence-corrected chi connectivity index (χ3v) is 7.10. The Morgan fingerprint density at radius 1 is 1.31 bits per heavy atom. The quantitative estimate of drug-likeness (QED) is 0.464. The molecule has 1 saturated carbocycles. The number of likely N-dealkylation sites (tertiary alicyclic amines) is 1. The summed E-state index contributed by atoms with van der Waals surface area (Å²) in [6.07, 6.45) is 3.62. The summed E-state index contributed by atoms with van der Waals surface area (Å²) in [5, 5.41) is 12.3. The highest BCUT2D eigenvalue weighted by atomic mass is 19.1. The number of H-pyrrole nitrogens is 1. The molecule has 0 bridgehead atoms. The Balaban J connectivity index is 1.47. The number of aromatic nitrogens is 3. The molecule has 0 radical (unpaired) electrons. The zero-order valence-electron chi connectivity index (χ0n) is 20.6. The van der Waals surface area contributed by atoms with Crippen LogP contribution in [0.1, 0.15) is 42.7 Å². The molecule has 190 valence electrons. The molecule has 36 heavy (non-hydrogen) atoms. The number of carbonyl (C=O) groups excluding carboxylic acids is 2. The third-order valence-electron chi connectivity index (χ3n) is 7.10. The molecule has 1 aromatic carbocycles. The molecule has 2 aromatic heterocycles. The predicted octanol–water partition coefficient (Wildman–Crippen LogP) is 2.82. The van der Waals surface area contributed by atoms with Crippen molar-refractivity contribution in [3.8, 4) is 17.0 Å². The van der Waals surface area contributed by atoms with E-state index in [2.05, 4.69) is 20.3 Å². The average Bonchev–Trinajstić information content (AvgIpc) is 3.53. The van der Waals surface area contributed by atoms with Gasteiger partial charge in [-0.2, -0.15) is 0 Å². The Morgan fingerprint density at radius 3 is 2.81 bits per heavy atom. The van der Waals surface area contributed by atoms with Crippen molar-refractivity contribution in [3.05, 3.63) is 41.6 Å². The Morgan fingerprint density at radius 2 is 2.08 bits per heavy atom. The predicted molar refractivity (Wildman–Crippen MR) is 131 cm³/mol. The molecule has 0 unspecified atom stereocenters. The minimum absolute atomic E-state index is 0.309. The van der Waals surface area contributed by atoms with Gasteiger partial charge in [0.25, 0.3) is 5.91 Å². The van der Waals surface area contributed by atoms with Crippen molar-refractivity contribution in [2.75, 3.05) is 26.3 Å². The first-order valence-corrected chi connectivity index (χ1v) is 12.1. The number of aliphatic hydroxyl groups excluding tert-OH is 1. The number of hydrogen-bond donors (Lipinski definition) is 3. The second-order valence-electron chi connectivity index (χ2n) is 10.4. The summed E-state index contributed by atoms with van der Waals surface area (Å²) in [7, 11) is 0. The highest BCUT2D eigenvalue weighted by molar-refractivity contribution is 6.09. The number of fused-ring (bicyclic) bond motifs is 1. The second-order valence-corrected chi connectivity index (χ2v) is 10.4. The van der Waals surface area contributed by atoms with Gasteiger partial charge >= 0.3 is 0 Å². The van der Waals surface area contributed by atoms with Gasteiger partial charge in [0.1, 0.15) is 35.7 Å². The zero-order chi connectivity index (χ0) is 25.6. The van der Waals surface area contributed by atoms with E-state index < -0.39 is 12.4 Å². The van der Waals surface area contributed by atoms with Gasteiger partial charge < -0.3 is 25.0 Å². The van der Waals surface area contributed by atoms with Crippen LogP contribution in [0.4, 0.5) is 4.39 Å². The van der Waals surface area contributed by atoms with Crippen LogP contribution >= 0.6 is 0 Å². The number of benzene rings is 1. The molecule has 5 rings (SSSR count). The fourth-order valence-corrected chi connectivity index (χ4v) is 4.80. The van der Waals surface area contributed by atoms with Gasteiger partial charge in [-0.3, -0.25) is 9.59 Å². The number of nitrogens with zero attached hydrogens (tertiary/aromatic N) is 3. The number of aromatic amines is 1. The summed E-state index contributed by atoms with van der Waals surface area (Å²) in [4.78, 5) is 39.0. The largest absolute Gasteiger partial charge is 0.493 e. The number of aryl methyl sites for hydroxylation is 1. The van der Waals surface area contributed by atoms with Crippen molar-refractivity contribution >= 4 is 22.8 Å². The van der Waals surface area contributed by atoms with E-state index in [0.717, 1.165) is 12.8 Å². The Bertz CT molecular complexity index is 1330. The van der Waals surface area contributed by atoms with E-state index in [4.69, 9.17) is 4.74 Å². The van der Waals surface area contributed by atoms with Gasteiger partial charge in [-0.15, -0.1) is 0 Å². The second kappa shape index (κ2) is 9.16. The van der Waals surface area contributed by atoms with Gasteiger partial charge in [0.2, 0.25) is 5.91 Å². The first-order valence-electron chi connectivity index (χ1n) is 12.1. The molecule has 3 N–H and O–H groups in total. The molecule has 1 aliphatic heterocycles. The van der Waals surface area contributed by atoms with Gasteiger partial charge in [-0.1, -0.05) is 13.8 Å². The van der Waals surface area contributed by atoms with Crippen LogP contribution in [0, 0.1) is 24.1 Å². The fraction of sp³-hybridized carbons (Fsp3) is 0.462. The van der Waals surface area contributed by atoms with Crippen LogP contribution < -0.4 is 10.1 Å². The minimum atomic E-state index is -0.565. The van der Waals surface area contributed by atoms with Crippen molar-refractivity contribution in [2.45, 2.75) is 39.7 Å². The van der Waals surface area contributed by atoms with Crippen LogP contribution in [0.2, 0.25) is 0 Å². The molecule has 2 fully saturated rings. The average molecular weight is 496 g/mol. The summed E-state index contributed by atoms with van der Waals surface area (Å²) in [5.41, 5.74) is 2.47. The van der Waals surface area contributed by atoms with E-state index in [-0.39, 0.29) is 23.3 Å². The van der Waals surface area contributed by atoms with E-state index >= 15 is 0 Å².